The van der Waals surface area contributed by atoms with E-state index in [0.717, 1.165) is 35.5 Å². The van der Waals surface area contributed by atoms with Crippen molar-refractivity contribution in [1.82, 2.24) is 0 Å². The van der Waals surface area contributed by atoms with Crippen LogP contribution < -0.4 is 15.2 Å². The van der Waals surface area contributed by atoms with Gasteiger partial charge in [0.25, 0.3) is 0 Å². The summed E-state index contributed by atoms with van der Waals surface area (Å²) in [5.41, 5.74) is 7.71. The van der Waals surface area contributed by atoms with Crippen molar-refractivity contribution in [1.29, 1.82) is 0 Å². The molecule has 1 aromatic carbocycles. The highest BCUT2D eigenvalue weighted by atomic mass is 16.5. The number of methoxy groups -OCH3 is 3. The van der Waals surface area contributed by atoms with Crippen molar-refractivity contribution in [2.45, 2.75) is 19.4 Å². The molecular formula is C13H21NO3. The van der Waals surface area contributed by atoms with Gasteiger partial charge in [0.1, 0.15) is 11.5 Å². The maximum atomic E-state index is 5.53. The molecule has 1 aromatic rings. The van der Waals surface area contributed by atoms with Gasteiger partial charge in [-0.15, -0.1) is 0 Å². The van der Waals surface area contributed by atoms with Crippen LogP contribution >= 0.6 is 0 Å². The highest BCUT2D eigenvalue weighted by Gasteiger charge is 2.10. The fourth-order valence-corrected chi connectivity index (χ4v) is 1.79. The van der Waals surface area contributed by atoms with Gasteiger partial charge in [0.15, 0.2) is 0 Å². The summed E-state index contributed by atoms with van der Waals surface area (Å²) in [6, 6.07) is 3.97. The average Bonchev–Trinajstić information content (AvgIpc) is 2.36. The van der Waals surface area contributed by atoms with Gasteiger partial charge in [-0.2, -0.15) is 0 Å². The van der Waals surface area contributed by atoms with E-state index >= 15 is 0 Å². The summed E-state index contributed by atoms with van der Waals surface area (Å²) >= 11 is 0. The van der Waals surface area contributed by atoms with Gasteiger partial charge in [-0.25, -0.2) is 0 Å². The van der Waals surface area contributed by atoms with Gasteiger partial charge < -0.3 is 19.9 Å². The Bertz CT molecular complexity index is 353. The van der Waals surface area contributed by atoms with Crippen molar-refractivity contribution in [2.24, 2.45) is 5.73 Å². The van der Waals surface area contributed by atoms with Crippen molar-refractivity contribution in [3.63, 3.8) is 0 Å². The molecule has 0 atom stereocenters. The molecule has 17 heavy (non-hydrogen) atoms. The van der Waals surface area contributed by atoms with Crippen LogP contribution in [0.5, 0.6) is 11.5 Å². The summed E-state index contributed by atoms with van der Waals surface area (Å²) in [6.07, 6.45) is 1.84. The normalized spacial score (nSPS) is 10.4. The molecule has 4 heteroatoms. The van der Waals surface area contributed by atoms with Crippen LogP contribution in [0.15, 0.2) is 12.1 Å². The molecule has 0 bridgehead atoms. The van der Waals surface area contributed by atoms with E-state index in [4.69, 9.17) is 19.9 Å². The zero-order valence-corrected chi connectivity index (χ0v) is 10.8. The number of hydrogen-bond donors (Lipinski definition) is 1. The predicted octanol–water partition coefficient (Wildman–Crippen LogP) is 1.74. The van der Waals surface area contributed by atoms with Crippen LogP contribution in [-0.2, 0) is 17.8 Å². The molecule has 0 aliphatic rings. The number of ether oxygens (including phenoxy) is 3. The fraction of sp³-hybridized carbons (Fsp3) is 0.538. The molecule has 0 unspecified atom stereocenters. The summed E-state index contributed by atoms with van der Waals surface area (Å²) in [4.78, 5) is 0. The fourth-order valence-electron chi connectivity index (χ4n) is 1.79. The second-order valence-electron chi connectivity index (χ2n) is 3.80. The van der Waals surface area contributed by atoms with E-state index in [-0.39, 0.29) is 0 Å². The number of benzene rings is 1. The Labute approximate surface area is 103 Å². The third-order valence-corrected chi connectivity index (χ3v) is 2.63. The number of aryl methyl sites for hydroxylation is 1. The van der Waals surface area contributed by atoms with Gasteiger partial charge in [0.05, 0.1) is 20.8 Å². The van der Waals surface area contributed by atoms with E-state index in [2.05, 4.69) is 6.07 Å². The number of hydrogen-bond acceptors (Lipinski definition) is 4. The average molecular weight is 239 g/mol. The van der Waals surface area contributed by atoms with Gasteiger partial charge in [-0.1, -0.05) is 0 Å². The minimum absolute atomic E-state index is 0.531. The van der Waals surface area contributed by atoms with Gasteiger partial charge in [-0.05, 0) is 31.0 Å². The molecule has 2 N–H and O–H groups in total. The molecule has 0 heterocycles. The molecule has 0 amide bonds. The molecule has 4 nitrogen and oxygen atoms in total. The maximum Gasteiger partial charge on any atom is 0.128 e. The summed E-state index contributed by atoms with van der Waals surface area (Å²) in [5, 5.41) is 0. The van der Waals surface area contributed by atoms with E-state index in [1.807, 2.05) is 6.07 Å². The second-order valence-corrected chi connectivity index (χ2v) is 3.80. The topological polar surface area (TPSA) is 53.7 Å². The van der Waals surface area contributed by atoms with Crippen molar-refractivity contribution in [3.05, 3.63) is 23.3 Å². The third kappa shape index (κ3) is 3.61. The molecule has 0 saturated carbocycles. The largest absolute Gasteiger partial charge is 0.496 e. The third-order valence-electron chi connectivity index (χ3n) is 2.63. The van der Waals surface area contributed by atoms with Crippen molar-refractivity contribution < 1.29 is 14.2 Å². The molecule has 0 aromatic heterocycles. The highest BCUT2D eigenvalue weighted by molar-refractivity contribution is 5.46. The monoisotopic (exact) mass is 239 g/mol. The Balaban J connectivity index is 3.04. The highest BCUT2D eigenvalue weighted by Crippen LogP contribution is 2.30. The van der Waals surface area contributed by atoms with Crippen LogP contribution in [-0.4, -0.2) is 27.9 Å². The van der Waals surface area contributed by atoms with E-state index in [1.54, 1.807) is 21.3 Å². The maximum absolute atomic E-state index is 5.53. The molecule has 0 fully saturated rings. The first-order chi connectivity index (χ1) is 8.26. The van der Waals surface area contributed by atoms with Crippen LogP contribution in [0.2, 0.25) is 0 Å². The lowest BCUT2D eigenvalue weighted by Gasteiger charge is -2.14. The zero-order chi connectivity index (χ0) is 12.7. The van der Waals surface area contributed by atoms with Crippen molar-refractivity contribution in [3.8, 4) is 11.5 Å². The Morgan fingerprint density at radius 3 is 2.18 bits per heavy atom. The minimum Gasteiger partial charge on any atom is -0.496 e. The second kappa shape index (κ2) is 7.14. The van der Waals surface area contributed by atoms with Gasteiger partial charge in [0, 0.05) is 18.7 Å². The lowest BCUT2D eigenvalue weighted by Crippen LogP contribution is -2.03. The van der Waals surface area contributed by atoms with E-state index in [0.29, 0.717) is 13.2 Å². The first-order valence-corrected chi connectivity index (χ1v) is 5.69. The summed E-state index contributed by atoms with van der Waals surface area (Å²) in [6.45, 7) is 1.21. The Morgan fingerprint density at radius 2 is 1.65 bits per heavy atom. The first kappa shape index (κ1) is 13.8. The summed E-state index contributed by atoms with van der Waals surface area (Å²) < 4.78 is 15.8. The number of rotatable bonds is 7. The van der Waals surface area contributed by atoms with Crippen LogP contribution in [0.1, 0.15) is 17.5 Å². The van der Waals surface area contributed by atoms with Crippen LogP contribution in [0.4, 0.5) is 0 Å². The first-order valence-electron chi connectivity index (χ1n) is 5.69. The van der Waals surface area contributed by atoms with Crippen LogP contribution in [0.25, 0.3) is 0 Å². The van der Waals surface area contributed by atoms with Gasteiger partial charge in [0.2, 0.25) is 0 Å². The minimum atomic E-state index is 0.531. The predicted molar refractivity (Wildman–Crippen MR) is 67.6 cm³/mol. The Kier molecular flexibility index (Phi) is 5.80. The quantitative estimate of drug-likeness (QED) is 0.787. The standard InChI is InChI=1S/C13H21NO3/c1-15-9-11-7-10(5-4-6-14)12(16-2)8-13(11)17-3/h7-8H,4-6,9,14H2,1-3H3. The molecule has 0 saturated heterocycles. The molecule has 0 spiro atoms. The molecule has 1 rings (SSSR count). The van der Waals surface area contributed by atoms with E-state index in [1.165, 1.54) is 0 Å². The van der Waals surface area contributed by atoms with Crippen LogP contribution in [0, 0.1) is 0 Å². The lowest BCUT2D eigenvalue weighted by molar-refractivity contribution is 0.181. The van der Waals surface area contributed by atoms with Crippen molar-refractivity contribution in [2.75, 3.05) is 27.9 Å². The zero-order valence-electron chi connectivity index (χ0n) is 10.8. The molecule has 96 valence electrons. The molecule has 0 aliphatic heterocycles. The van der Waals surface area contributed by atoms with Gasteiger partial charge in [-0.3, -0.25) is 0 Å². The smallest absolute Gasteiger partial charge is 0.128 e. The lowest BCUT2D eigenvalue weighted by atomic mass is 10.0. The SMILES string of the molecule is COCc1cc(CCCN)c(OC)cc1OC. The Morgan fingerprint density at radius 1 is 1.00 bits per heavy atom. The number of nitrogens with two attached hydrogens (primary N) is 1. The van der Waals surface area contributed by atoms with Gasteiger partial charge >= 0.3 is 0 Å². The van der Waals surface area contributed by atoms with Crippen molar-refractivity contribution >= 4 is 0 Å². The molecule has 0 radical (unpaired) electrons. The molecule has 0 aliphatic carbocycles. The summed E-state index contributed by atoms with van der Waals surface area (Å²) in [5.74, 6) is 1.63. The van der Waals surface area contributed by atoms with E-state index in [9.17, 15) is 0 Å². The Hall–Kier alpha value is -1.26. The van der Waals surface area contributed by atoms with Crippen LogP contribution in [0.3, 0.4) is 0 Å². The molecular weight excluding hydrogens is 218 g/mol. The van der Waals surface area contributed by atoms with E-state index < -0.39 is 0 Å². The summed E-state index contributed by atoms with van der Waals surface area (Å²) in [7, 11) is 4.98.